The van der Waals surface area contributed by atoms with Crippen LogP contribution in [0.4, 0.5) is 0 Å². The maximum Gasteiger partial charge on any atom is 0.313 e. The Hall–Kier alpha value is -0.790. The van der Waals surface area contributed by atoms with Gasteiger partial charge in [-0.15, -0.1) is 0 Å². The standard InChI is InChI=1S/C17H26O2/c1-4-11(2)6-5-9-17-14-8-7-13(10-14)15(17)12(3)19-16(17)18/h7-8,11-15H,4-6,9-10H2,1-3H3/t11-,12-,13-,14+,15-,17+/m0/s1. The zero-order chi connectivity index (χ0) is 13.6. The molecule has 0 aromatic heterocycles. The summed E-state index contributed by atoms with van der Waals surface area (Å²) in [6, 6.07) is 0. The summed E-state index contributed by atoms with van der Waals surface area (Å²) in [6.07, 6.45) is 10.6. The van der Waals surface area contributed by atoms with Crippen molar-refractivity contribution in [3.8, 4) is 0 Å². The smallest absolute Gasteiger partial charge is 0.313 e. The highest BCUT2D eigenvalue weighted by Crippen LogP contribution is 2.63. The Morgan fingerprint density at radius 3 is 3.00 bits per heavy atom. The third-order valence-electron chi connectivity index (χ3n) is 6.00. The van der Waals surface area contributed by atoms with Crippen molar-refractivity contribution >= 4 is 5.97 Å². The molecule has 2 fully saturated rings. The van der Waals surface area contributed by atoms with Crippen LogP contribution in [0.1, 0.15) is 52.9 Å². The Labute approximate surface area is 116 Å². The lowest BCUT2D eigenvalue weighted by atomic mass is 9.65. The van der Waals surface area contributed by atoms with Crippen LogP contribution in [-0.2, 0) is 9.53 Å². The van der Waals surface area contributed by atoms with Gasteiger partial charge in [-0.1, -0.05) is 45.3 Å². The fraction of sp³-hybridized carbons (Fsp3) is 0.824. The van der Waals surface area contributed by atoms with E-state index < -0.39 is 0 Å². The molecule has 0 spiro atoms. The minimum Gasteiger partial charge on any atom is -0.462 e. The number of ether oxygens (including phenoxy) is 1. The number of carbonyl (C=O) groups excluding carboxylic acids is 1. The number of carbonyl (C=O) groups is 1. The summed E-state index contributed by atoms with van der Waals surface area (Å²) < 4.78 is 5.62. The Kier molecular flexibility index (Phi) is 3.23. The van der Waals surface area contributed by atoms with Gasteiger partial charge in [-0.25, -0.2) is 0 Å². The van der Waals surface area contributed by atoms with E-state index in [0.29, 0.717) is 17.8 Å². The van der Waals surface area contributed by atoms with E-state index in [9.17, 15) is 4.79 Å². The average molecular weight is 262 g/mol. The SMILES string of the molecule is CC[C@H](C)CCC[C@]12C(=O)O[C@@H](C)[C@H]1[C@H]1C=C[C@@H]2C1. The molecule has 0 aromatic carbocycles. The molecule has 106 valence electrons. The van der Waals surface area contributed by atoms with Gasteiger partial charge in [0.1, 0.15) is 6.10 Å². The van der Waals surface area contributed by atoms with Crippen molar-refractivity contribution in [3.63, 3.8) is 0 Å². The molecule has 0 N–H and O–H groups in total. The predicted octanol–water partition coefficient (Wildman–Crippen LogP) is 3.96. The minimum absolute atomic E-state index is 0.103. The van der Waals surface area contributed by atoms with Crippen LogP contribution in [0.2, 0.25) is 0 Å². The number of hydrogen-bond donors (Lipinski definition) is 0. The Morgan fingerprint density at radius 2 is 2.26 bits per heavy atom. The van der Waals surface area contributed by atoms with Gasteiger partial charge in [0.25, 0.3) is 0 Å². The second-order valence-corrected chi connectivity index (χ2v) is 6.97. The summed E-state index contributed by atoms with van der Waals surface area (Å²) in [6.45, 7) is 6.65. The zero-order valence-corrected chi connectivity index (χ0v) is 12.4. The second kappa shape index (κ2) is 4.64. The van der Waals surface area contributed by atoms with Crippen molar-refractivity contribution in [1.82, 2.24) is 0 Å². The first-order valence-corrected chi connectivity index (χ1v) is 7.99. The van der Waals surface area contributed by atoms with Gasteiger partial charge in [-0.2, -0.15) is 0 Å². The zero-order valence-electron chi connectivity index (χ0n) is 12.4. The highest BCUT2D eigenvalue weighted by Gasteiger charge is 2.66. The van der Waals surface area contributed by atoms with E-state index in [1.807, 2.05) is 0 Å². The first-order valence-electron chi connectivity index (χ1n) is 7.99. The van der Waals surface area contributed by atoms with Crippen LogP contribution in [-0.4, -0.2) is 12.1 Å². The fourth-order valence-electron chi connectivity index (χ4n) is 4.81. The molecule has 1 saturated carbocycles. The monoisotopic (exact) mass is 262 g/mol. The van der Waals surface area contributed by atoms with Crippen LogP contribution >= 0.6 is 0 Å². The highest BCUT2D eigenvalue weighted by molar-refractivity contribution is 5.81. The molecule has 2 heteroatoms. The molecule has 0 unspecified atom stereocenters. The highest BCUT2D eigenvalue weighted by atomic mass is 16.6. The van der Waals surface area contributed by atoms with Gasteiger partial charge >= 0.3 is 5.97 Å². The topological polar surface area (TPSA) is 26.3 Å². The van der Waals surface area contributed by atoms with Gasteiger partial charge < -0.3 is 4.74 Å². The molecular formula is C17H26O2. The molecular weight excluding hydrogens is 236 g/mol. The first-order chi connectivity index (χ1) is 9.09. The van der Waals surface area contributed by atoms with Gasteiger partial charge in [0.2, 0.25) is 0 Å². The Balaban J connectivity index is 1.76. The van der Waals surface area contributed by atoms with Crippen molar-refractivity contribution in [2.75, 3.05) is 0 Å². The molecule has 3 rings (SSSR count). The number of rotatable bonds is 5. The minimum atomic E-state index is -0.160. The summed E-state index contributed by atoms with van der Waals surface area (Å²) in [7, 11) is 0. The number of cyclic esters (lactones) is 1. The van der Waals surface area contributed by atoms with Gasteiger partial charge in [0.05, 0.1) is 5.41 Å². The molecule has 1 aliphatic heterocycles. The van der Waals surface area contributed by atoms with E-state index in [1.54, 1.807) is 0 Å². The van der Waals surface area contributed by atoms with Crippen molar-refractivity contribution in [1.29, 1.82) is 0 Å². The predicted molar refractivity (Wildman–Crippen MR) is 75.5 cm³/mol. The lowest BCUT2D eigenvalue weighted by molar-refractivity contribution is -0.150. The van der Waals surface area contributed by atoms with Crippen LogP contribution in [0.5, 0.6) is 0 Å². The normalized spacial score (nSPS) is 44.5. The molecule has 2 bridgehead atoms. The summed E-state index contributed by atoms with van der Waals surface area (Å²) in [5.41, 5.74) is -0.160. The summed E-state index contributed by atoms with van der Waals surface area (Å²) in [5.74, 6) is 2.38. The van der Waals surface area contributed by atoms with Crippen LogP contribution in [0, 0.1) is 29.1 Å². The second-order valence-electron chi connectivity index (χ2n) is 6.97. The third kappa shape index (κ3) is 1.79. The van der Waals surface area contributed by atoms with E-state index in [0.717, 1.165) is 12.3 Å². The van der Waals surface area contributed by atoms with Gasteiger partial charge in [0.15, 0.2) is 0 Å². The molecule has 1 saturated heterocycles. The van der Waals surface area contributed by atoms with E-state index in [-0.39, 0.29) is 17.5 Å². The lowest BCUT2D eigenvalue weighted by Gasteiger charge is -2.33. The number of allylic oxidation sites excluding steroid dienone is 2. The molecule has 0 radical (unpaired) electrons. The molecule has 0 aromatic rings. The van der Waals surface area contributed by atoms with Crippen LogP contribution in [0.15, 0.2) is 12.2 Å². The number of fused-ring (bicyclic) bond motifs is 5. The van der Waals surface area contributed by atoms with E-state index in [4.69, 9.17) is 4.74 Å². The van der Waals surface area contributed by atoms with Gasteiger partial charge in [-0.3, -0.25) is 4.79 Å². The van der Waals surface area contributed by atoms with Crippen LogP contribution in [0.3, 0.4) is 0 Å². The Morgan fingerprint density at radius 1 is 1.47 bits per heavy atom. The van der Waals surface area contributed by atoms with Crippen molar-refractivity contribution in [2.24, 2.45) is 29.1 Å². The summed E-state index contributed by atoms with van der Waals surface area (Å²) in [4.78, 5) is 12.5. The molecule has 1 heterocycles. The molecule has 6 atom stereocenters. The van der Waals surface area contributed by atoms with Crippen LogP contribution < -0.4 is 0 Å². The molecule has 19 heavy (non-hydrogen) atoms. The largest absolute Gasteiger partial charge is 0.462 e. The van der Waals surface area contributed by atoms with E-state index in [2.05, 4.69) is 32.9 Å². The number of hydrogen-bond acceptors (Lipinski definition) is 2. The molecule has 2 nitrogen and oxygen atoms in total. The lowest BCUT2D eigenvalue weighted by Crippen LogP contribution is -2.38. The quantitative estimate of drug-likeness (QED) is 0.554. The van der Waals surface area contributed by atoms with Crippen molar-refractivity contribution in [2.45, 2.75) is 59.0 Å². The maximum absolute atomic E-state index is 12.5. The average Bonchev–Trinajstić information content (AvgIpc) is 3.03. The van der Waals surface area contributed by atoms with Gasteiger partial charge in [-0.05, 0) is 37.5 Å². The van der Waals surface area contributed by atoms with Gasteiger partial charge in [0, 0.05) is 5.92 Å². The summed E-state index contributed by atoms with van der Waals surface area (Å²) >= 11 is 0. The molecule has 0 amide bonds. The first kappa shape index (κ1) is 13.2. The third-order valence-corrected chi connectivity index (χ3v) is 6.00. The van der Waals surface area contributed by atoms with Crippen molar-refractivity contribution < 1.29 is 9.53 Å². The molecule has 3 aliphatic rings. The van der Waals surface area contributed by atoms with E-state index in [1.165, 1.54) is 25.7 Å². The van der Waals surface area contributed by atoms with E-state index >= 15 is 0 Å². The Bertz CT molecular complexity index is 400. The fourth-order valence-corrected chi connectivity index (χ4v) is 4.81. The van der Waals surface area contributed by atoms with Crippen LogP contribution in [0.25, 0.3) is 0 Å². The maximum atomic E-state index is 12.5. The van der Waals surface area contributed by atoms with Crippen molar-refractivity contribution in [3.05, 3.63) is 12.2 Å². The number of esters is 1. The summed E-state index contributed by atoms with van der Waals surface area (Å²) in [5, 5.41) is 0. The molecule has 2 aliphatic carbocycles.